The van der Waals surface area contributed by atoms with Crippen molar-refractivity contribution in [3.8, 4) is 11.4 Å². The van der Waals surface area contributed by atoms with Crippen LogP contribution in [-0.4, -0.2) is 21.4 Å². The first-order valence-electron chi connectivity index (χ1n) is 7.77. The largest absolute Gasteiger partial charge is 0.490 e. The van der Waals surface area contributed by atoms with Gasteiger partial charge in [0.1, 0.15) is 16.7 Å². The van der Waals surface area contributed by atoms with E-state index in [0.717, 1.165) is 28.4 Å². The van der Waals surface area contributed by atoms with Gasteiger partial charge in [-0.15, -0.1) is 0 Å². The van der Waals surface area contributed by atoms with Crippen molar-refractivity contribution < 1.29 is 9.53 Å². The number of thioether (sulfide) groups is 1. The van der Waals surface area contributed by atoms with Gasteiger partial charge in [0.25, 0.3) is 5.91 Å². The molecule has 1 aromatic heterocycles. The van der Waals surface area contributed by atoms with Gasteiger partial charge in [-0.3, -0.25) is 4.79 Å². The third-order valence-electron chi connectivity index (χ3n) is 3.86. The summed E-state index contributed by atoms with van der Waals surface area (Å²) in [6.45, 7) is 8.22. The van der Waals surface area contributed by atoms with E-state index in [1.165, 1.54) is 11.8 Å². The van der Waals surface area contributed by atoms with Gasteiger partial charge in [0.2, 0.25) is 0 Å². The van der Waals surface area contributed by atoms with Crippen molar-refractivity contribution >= 4 is 40.3 Å². The monoisotopic (exact) mass is 370 g/mol. The van der Waals surface area contributed by atoms with E-state index < -0.39 is 0 Å². The molecule has 1 aromatic carbocycles. The van der Waals surface area contributed by atoms with Crippen LogP contribution in [0, 0.1) is 13.8 Å². The lowest BCUT2D eigenvalue weighted by Gasteiger charge is -2.11. The molecule has 0 atom stereocenters. The molecule has 128 valence electrons. The van der Waals surface area contributed by atoms with Gasteiger partial charge < -0.3 is 14.6 Å². The molecule has 1 fully saturated rings. The second kappa shape index (κ2) is 7.29. The Morgan fingerprint density at radius 2 is 2.04 bits per heavy atom. The lowest BCUT2D eigenvalue weighted by molar-refractivity contribution is -0.115. The number of amides is 1. The van der Waals surface area contributed by atoms with Crippen LogP contribution < -0.4 is 10.1 Å². The molecule has 0 aliphatic carbocycles. The van der Waals surface area contributed by atoms with Gasteiger partial charge in [0, 0.05) is 17.1 Å². The van der Waals surface area contributed by atoms with Crippen LogP contribution in [0.3, 0.4) is 0 Å². The van der Waals surface area contributed by atoms with Crippen molar-refractivity contribution in [2.75, 3.05) is 6.61 Å². The summed E-state index contributed by atoms with van der Waals surface area (Å²) in [4.78, 5) is 12.5. The third-order valence-corrected chi connectivity index (χ3v) is 5.02. The molecule has 0 saturated carbocycles. The van der Waals surface area contributed by atoms with E-state index >= 15 is 0 Å². The van der Waals surface area contributed by atoms with Crippen LogP contribution in [0.15, 0.2) is 47.9 Å². The Labute approximate surface area is 156 Å². The number of carbonyl (C=O) groups excluding carboxylic acids is 1. The zero-order valence-corrected chi connectivity index (χ0v) is 15.7. The minimum atomic E-state index is -0.136. The Kier molecular flexibility index (Phi) is 5.11. The van der Waals surface area contributed by atoms with Crippen molar-refractivity contribution in [1.29, 1.82) is 0 Å². The molecule has 1 N–H and O–H groups in total. The van der Waals surface area contributed by atoms with E-state index in [0.29, 0.717) is 15.8 Å². The number of nitrogens with zero attached hydrogens (tertiary/aromatic N) is 1. The fourth-order valence-corrected chi connectivity index (χ4v) is 3.78. The molecular weight excluding hydrogens is 352 g/mol. The predicted octanol–water partition coefficient (Wildman–Crippen LogP) is 4.15. The number of rotatable bonds is 5. The molecule has 1 amide bonds. The highest BCUT2D eigenvalue weighted by Crippen LogP contribution is 2.29. The molecule has 3 rings (SSSR count). The van der Waals surface area contributed by atoms with Gasteiger partial charge >= 0.3 is 0 Å². The summed E-state index contributed by atoms with van der Waals surface area (Å²) in [5.74, 6) is 0.671. The first kappa shape index (κ1) is 17.5. The molecule has 0 unspecified atom stereocenters. The third kappa shape index (κ3) is 3.70. The van der Waals surface area contributed by atoms with E-state index in [-0.39, 0.29) is 5.91 Å². The van der Waals surface area contributed by atoms with Crippen LogP contribution >= 0.6 is 24.0 Å². The zero-order chi connectivity index (χ0) is 18.0. The Bertz CT molecular complexity index is 880. The summed E-state index contributed by atoms with van der Waals surface area (Å²) < 4.78 is 8.18. The normalized spacial score (nSPS) is 15.5. The molecule has 1 aliphatic rings. The molecule has 2 heterocycles. The van der Waals surface area contributed by atoms with Crippen LogP contribution in [0.1, 0.15) is 17.0 Å². The summed E-state index contributed by atoms with van der Waals surface area (Å²) in [6.07, 6.45) is 3.61. The van der Waals surface area contributed by atoms with Crippen LogP contribution in [0.5, 0.6) is 5.75 Å². The quantitative estimate of drug-likeness (QED) is 0.488. The van der Waals surface area contributed by atoms with Gasteiger partial charge in [-0.1, -0.05) is 36.6 Å². The molecule has 6 heteroatoms. The van der Waals surface area contributed by atoms with Gasteiger partial charge in [-0.2, -0.15) is 0 Å². The Morgan fingerprint density at radius 3 is 2.64 bits per heavy atom. The Morgan fingerprint density at radius 1 is 1.32 bits per heavy atom. The van der Waals surface area contributed by atoms with Crippen molar-refractivity contribution in [2.24, 2.45) is 0 Å². The second-order valence-corrected chi connectivity index (χ2v) is 7.33. The van der Waals surface area contributed by atoms with Crippen molar-refractivity contribution in [3.05, 3.63) is 64.8 Å². The number of aromatic nitrogens is 1. The number of hydrogen-bond donors (Lipinski definition) is 1. The first-order valence-corrected chi connectivity index (χ1v) is 9.00. The minimum Gasteiger partial charge on any atom is -0.490 e. The van der Waals surface area contributed by atoms with Crippen LogP contribution in [0.25, 0.3) is 11.8 Å². The minimum absolute atomic E-state index is 0.136. The predicted molar refractivity (Wildman–Crippen MR) is 107 cm³/mol. The maximum Gasteiger partial charge on any atom is 0.263 e. The Hall–Kier alpha value is -2.31. The highest BCUT2D eigenvalue weighted by molar-refractivity contribution is 8.26. The van der Waals surface area contributed by atoms with Gasteiger partial charge in [-0.05, 0) is 55.8 Å². The number of ether oxygens (including phenoxy) is 1. The number of nitrogens with one attached hydrogen (secondary N) is 1. The molecule has 25 heavy (non-hydrogen) atoms. The first-order chi connectivity index (χ1) is 12.0. The summed E-state index contributed by atoms with van der Waals surface area (Å²) in [5, 5.41) is 2.64. The number of hydrogen-bond acceptors (Lipinski definition) is 4. The molecular formula is C19H18N2O2S2. The van der Waals surface area contributed by atoms with Crippen LogP contribution in [0.4, 0.5) is 0 Å². The number of aryl methyl sites for hydroxylation is 1. The number of thiocarbonyl (C=S) groups is 1. The van der Waals surface area contributed by atoms with E-state index in [1.54, 1.807) is 6.08 Å². The molecule has 0 bridgehead atoms. The highest BCUT2D eigenvalue weighted by atomic mass is 32.2. The molecule has 1 aliphatic heterocycles. The fraction of sp³-hybridized carbons (Fsp3) is 0.158. The van der Waals surface area contributed by atoms with Crippen molar-refractivity contribution in [3.63, 3.8) is 0 Å². The fourth-order valence-electron chi connectivity index (χ4n) is 2.74. The highest BCUT2D eigenvalue weighted by Gasteiger charge is 2.23. The maximum atomic E-state index is 11.9. The molecule has 1 saturated heterocycles. The van der Waals surface area contributed by atoms with E-state index in [4.69, 9.17) is 17.0 Å². The lowest BCUT2D eigenvalue weighted by Crippen LogP contribution is -2.17. The maximum absolute atomic E-state index is 11.9. The molecule has 0 radical (unpaired) electrons. The van der Waals surface area contributed by atoms with Crippen LogP contribution in [0.2, 0.25) is 0 Å². The van der Waals surface area contributed by atoms with E-state index in [2.05, 4.69) is 22.5 Å². The van der Waals surface area contributed by atoms with Gasteiger partial charge in [0.05, 0.1) is 4.91 Å². The molecule has 0 spiro atoms. The topological polar surface area (TPSA) is 43.3 Å². The van der Waals surface area contributed by atoms with Crippen molar-refractivity contribution in [1.82, 2.24) is 9.88 Å². The second-order valence-electron chi connectivity index (χ2n) is 5.61. The molecule has 2 aromatic rings. The van der Waals surface area contributed by atoms with Crippen molar-refractivity contribution in [2.45, 2.75) is 13.8 Å². The van der Waals surface area contributed by atoms with E-state index in [1.807, 2.05) is 44.2 Å². The average Bonchev–Trinajstić information content (AvgIpc) is 3.04. The SMILES string of the molecule is C=CCOc1ccc(-n2c(C)cc(/C=C3\SC(=S)NC3=O)c2C)cc1. The van der Waals surface area contributed by atoms with E-state index in [9.17, 15) is 4.79 Å². The average molecular weight is 370 g/mol. The van der Waals surface area contributed by atoms with Gasteiger partial charge in [0.15, 0.2) is 0 Å². The lowest BCUT2D eigenvalue weighted by atomic mass is 10.2. The summed E-state index contributed by atoms with van der Waals surface area (Å²) in [6, 6.07) is 9.98. The summed E-state index contributed by atoms with van der Waals surface area (Å²) in [7, 11) is 0. The van der Waals surface area contributed by atoms with Crippen LogP contribution in [-0.2, 0) is 4.79 Å². The zero-order valence-electron chi connectivity index (χ0n) is 14.0. The summed E-state index contributed by atoms with van der Waals surface area (Å²) in [5.41, 5.74) is 4.21. The standard InChI is InChI=1S/C19H18N2O2S2/c1-4-9-23-16-7-5-15(6-8-16)21-12(2)10-14(13(21)3)11-17-18(22)20-19(24)25-17/h4-8,10-11H,1,9H2,2-3H3,(H,20,22,24)/b17-11-. The summed E-state index contributed by atoms with van der Waals surface area (Å²) >= 11 is 6.33. The molecule has 4 nitrogen and oxygen atoms in total. The number of carbonyl (C=O) groups is 1. The smallest absolute Gasteiger partial charge is 0.263 e. The number of benzene rings is 1. The Balaban J connectivity index is 1.92. The van der Waals surface area contributed by atoms with Gasteiger partial charge in [-0.25, -0.2) is 0 Å².